The van der Waals surface area contributed by atoms with Gasteiger partial charge in [0.05, 0.1) is 12.6 Å². The first-order chi connectivity index (χ1) is 8.54. The minimum atomic E-state index is -0.524. The average Bonchev–Trinajstić information content (AvgIpc) is 2.34. The van der Waals surface area contributed by atoms with E-state index < -0.39 is 5.91 Å². The second-order valence-corrected chi connectivity index (χ2v) is 4.45. The van der Waals surface area contributed by atoms with Crippen molar-refractivity contribution in [1.29, 1.82) is 0 Å². The van der Waals surface area contributed by atoms with Crippen molar-refractivity contribution >= 4 is 11.6 Å². The summed E-state index contributed by atoms with van der Waals surface area (Å²) < 4.78 is 5.44. The SMILES string of the molecule is CCOCC(Nc1ccnc(C(N)=O)c1)C(C)C. The molecule has 1 unspecified atom stereocenters. The fraction of sp³-hybridized carbons (Fsp3) is 0.538. The molecule has 1 aromatic heterocycles. The molecule has 0 spiro atoms. The average molecular weight is 251 g/mol. The van der Waals surface area contributed by atoms with Gasteiger partial charge in [0.15, 0.2) is 0 Å². The van der Waals surface area contributed by atoms with Gasteiger partial charge >= 0.3 is 0 Å². The lowest BCUT2D eigenvalue weighted by Gasteiger charge is -2.23. The number of aromatic nitrogens is 1. The number of hydrogen-bond donors (Lipinski definition) is 2. The maximum atomic E-state index is 11.1. The van der Waals surface area contributed by atoms with Crippen LogP contribution in [0.25, 0.3) is 0 Å². The van der Waals surface area contributed by atoms with Gasteiger partial charge in [-0.3, -0.25) is 9.78 Å². The molecule has 18 heavy (non-hydrogen) atoms. The summed E-state index contributed by atoms with van der Waals surface area (Å²) in [7, 11) is 0. The summed E-state index contributed by atoms with van der Waals surface area (Å²) in [4.78, 5) is 15.0. The first-order valence-electron chi connectivity index (χ1n) is 6.14. The molecule has 0 saturated carbocycles. The van der Waals surface area contributed by atoms with Gasteiger partial charge < -0.3 is 15.8 Å². The Kier molecular flexibility index (Phi) is 5.58. The van der Waals surface area contributed by atoms with Crippen LogP contribution in [-0.4, -0.2) is 30.1 Å². The Balaban J connectivity index is 2.73. The highest BCUT2D eigenvalue weighted by Gasteiger charge is 2.14. The highest BCUT2D eigenvalue weighted by atomic mass is 16.5. The Morgan fingerprint density at radius 2 is 2.28 bits per heavy atom. The Morgan fingerprint density at radius 1 is 1.56 bits per heavy atom. The van der Waals surface area contributed by atoms with Crippen LogP contribution in [0.15, 0.2) is 18.3 Å². The molecule has 1 rings (SSSR count). The zero-order valence-corrected chi connectivity index (χ0v) is 11.1. The van der Waals surface area contributed by atoms with E-state index in [2.05, 4.69) is 24.1 Å². The molecule has 100 valence electrons. The lowest BCUT2D eigenvalue weighted by atomic mass is 10.1. The molecular weight excluding hydrogens is 230 g/mol. The first-order valence-corrected chi connectivity index (χ1v) is 6.14. The van der Waals surface area contributed by atoms with Crippen LogP contribution in [-0.2, 0) is 4.74 Å². The quantitative estimate of drug-likeness (QED) is 0.772. The Bertz CT molecular complexity index is 394. The maximum absolute atomic E-state index is 11.1. The summed E-state index contributed by atoms with van der Waals surface area (Å²) in [5.41, 5.74) is 6.29. The maximum Gasteiger partial charge on any atom is 0.267 e. The van der Waals surface area contributed by atoms with Crippen molar-refractivity contribution < 1.29 is 9.53 Å². The number of primary amides is 1. The molecule has 5 nitrogen and oxygen atoms in total. The van der Waals surface area contributed by atoms with Crippen LogP contribution in [0.2, 0.25) is 0 Å². The zero-order valence-electron chi connectivity index (χ0n) is 11.1. The van der Waals surface area contributed by atoms with Crippen molar-refractivity contribution in [3.05, 3.63) is 24.0 Å². The summed E-state index contributed by atoms with van der Waals surface area (Å²) in [6.07, 6.45) is 1.57. The normalized spacial score (nSPS) is 12.4. The third-order valence-electron chi connectivity index (χ3n) is 2.67. The molecule has 3 N–H and O–H groups in total. The van der Waals surface area contributed by atoms with Crippen LogP contribution >= 0.6 is 0 Å². The molecule has 1 heterocycles. The Morgan fingerprint density at radius 3 is 2.83 bits per heavy atom. The van der Waals surface area contributed by atoms with E-state index in [0.29, 0.717) is 19.1 Å². The van der Waals surface area contributed by atoms with E-state index in [9.17, 15) is 4.79 Å². The molecule has 5 heteroatoms. The standard InChI is InChI=1S/C13H21N3O2/c1-4-18-8-12(9(2)3)16-10-5-6-15-11(7-10)13(14)17/h5-7,9,12H,4,8H2,1-3H3,(H2,14,17)(H,15,16). The number of ether oxygens (including phenoxy) is 1. The number of amides is 1. The monoisotopic (exact) mass is 251 g/mol. The van der Waals surface area contributed by atoms with Gasteiger partial charge in [0.25, 0.3) is 5.91 Å². The molecule has 0 radical (unpaired) electrons. The second-order valence-electron chi connectivity index (χ2n) is 4.45. The Hall–Kier alpha value is -1.62. The first kappa shape index (κ1) is 14.4. The molecule has 0 aliphatic carbocycles. The van der Waals surface area contributed by atoms with Gasteiger partial charge in [0.2, 0.25) is 0 Å². The molecule has 1 amide bonds. The zero-order chi connectivity index (χ0) is 13.5. The molecule has 0 aromatic carbocycles. The van der Waals surface area contributed by atoms with Crippen LogP contribution < -0.4 is 11.1 Å². The molecule has 1 atom stereocenters. The topological polar surface area (TPSA) is 77.2 Å². The van der Waals surface area contributed by atoms with E-state index in [1.807, 2.05) is 13.0 Å². The van der Waals surface area contributed by atoms with Gasteiger partial charge in [-0.1, -0.05) is 13.8 Å². The van der Waals surface area contributed by atoms with Crippen LogP contribution in [0.1, 0.15) is 31.3 Å². The number of hydrogen-bond acceptors (Lipinski definition) is 4. The minimum absolute atomic E-state index is 0.188. The molecule has 0 saturated heterocycles. The second kappa shape index (κ2) is 6.96. The van der Waals surface area contributed by atoms with E-state index >= 15 is 0 Å². The van der Waals surface area contributed by atoms with Gasteiger partial charge in [-0.2, -0.15) is 0 Å². The minimum Gasteiger partial charge on any atom is -0.380 e. The van der Waals surface area contributed by atoms with E-state index in [1.165, 1.54) is 0 Å². The van der Waals surface area contributed by atoms with Gasteiger partial charge in [-0.05, 0) is 25.0 Å². The molecular formula is C13H21N3O2. The molecule has 0 aliphatic rings. The van der Waals surface area contributed by atoms with Gasteiger partial charge in [-0.25, -0.2) is 0 Å². The number of pyridine rings is 1. The van der Waals surface area contributed by atoms with Crippen molar-refractivity contribution in [3.8, 4) is 0 Å². The third-order valence-corrected chi connectivity index (χ3v) is 2.67. The van der Waals surface area contributed by atoms with E-state index in [1.54, 1.807) is 12.3 Å². The van der Waals surface area contributed by atoms with E-state index in [-0.39, 0.29) is 11.7 Å². The van der Waals surface area contributed by atoms with Crippen LogP contribution in [0.5, 0.6) is 0 Å². The van der Waals surface area contributed by atoms with Crippen molar-refractivity contribution in [2.75, 3.05) is 18.5 Å². The van der Waals surface area contributed by atoms with Gasteiger partial charge in [0.1, 0.15) is 5.69 Å². The third kappa shape index (κ3) is 4.33. The van der Waals surface area contributed by atoms with Crippen LogP contribution in [0.3, 0.4) is 0 Å². The highest BCUT2D eigenvalue weighted by molar-refractivity contribution is 5.91. The lowest BCUT2D eigenvalue weighted by molar-refractivity contribution is 0.0995. The summed E-state index contributed by atoms with van der Waals surface area (Å²) >= 11 is 0. The number of nitrogens with zero attached hydrogens (tertiary/aromatic N) is 1. The number of carbonyl (C=O) groups is 1. The summed E-state index contributed by atoms with van der Waals surface area (Å²) in [6, 6.07) is 3.66. The van der Waals surface area contributed by atoms with Crippen LogP contribution in [0, 0.1) is 5.92 Å². The Labute approximate surface area is 108 Å². The lowest BCUT2D eigenvalue weighted by Crippen LogP contribution is -2.31. The number of anilines is 1. The molecule has 0 fully saturated rings. The highest BCUT2D eigenvalue weighted by Crippen LogP contribution is 2.13. The van der Waals surface area contributed by atoms with Crippen molar-refractivity contribution in [2.24, 2.45) is 11.7 Å². The number of nitrogens with two attached hydrogens (primary N) is 1. The van der Waals surface area contributed by atoms with Crippen molar-refractivity contribution in [1.82, 2.24) is 4.98 Å². The fourth-order valence-electron chi connectivity index (χ4n) is 1.51. The smallest absolute Gasteiger partial charge is 0.267 e. The summed E-state index contributed by atoms with van der Waals surface area (Å²) in [5.74, 6) is -0.105. The number of nitrogens with one attached hydrogen (secondary N) is 1. The van der Waals surface area contributed by atoms with Gasteiger partial charge in [-0.15, -0.1) is 0 Å². The number of rotatable bonds is 7. The van der Waals surface area contributed by atoms with E-state index in [4.69, 9.17) is 10.5 Å². The molecule has 0 aliphatic heterocycles. The van der Waals surface area contributed by atoms with E-state index in [0.717, 1.165) is 5.69 Å². The fourth-order valence-corrected chi connectivity index (χ4v) is 1.51. The van der Waals surface area contributed by atoms with Crippen LogP contribution in [0.4, 0.5) is 5.69 Å². The van der Waals surface area contributed by atoms with Crippen molar-refractivity contribution in [3.63, 3.8) is 0 Å². The predicted molar refractivity (Wildman–Crippen MR) is 71.5 cm³/mol. The largest absolute Gasteiger partial charge is 0.380 e. The summed E-state index contributed by atoms with van der Waals surface area (Å²) in [5, 5.41) is 3.34. The molecule has 1 aromatic rings. The summed E-state index contributed by atoms with van der Waals surface area (Å²) in [6.45, 7) is 7.52. The van der Waals surface area contributed by atoms with Gasteiger partial charge in [0, 0.05) is 18.5 Å². The molecule has 0 bridgehead atoms. The predicted octanol–water partition coefficient (Wildman–Crippen LogP) is 1.65. The number of carbonyl (C=O) groups excluding carboxylic acids is 1. The van der Waals surface area contributed by atoms with Crippen molar-refractivity contribution in [2.45, 2.75) is 26.8 Å².